The van der Waals surface area contributed by atoms with Crippen LogP contribution in [0.25, 0.3) is 16.7 Å². The normalized spacial score (nSPS) is 12.0. The number of hydrogen-bond acceptors (Lipinski definition) is 6. The van der Waals surface area contributed by atoms with Crippen LogP contribution in [0.5, 0.6) is 5.75 Å². The van der Waals surface area contributed by atoms with Crippen LogP contribution in [-0.4, -0.2) is 32.6 Å². The predicted octanol–water partition coefficient (Wildman–Crippen LogP) is 5.87. The number of methoxy groups -OCH3 is 1. The van der Waals surface area contributed by atoms with Crippen molar-refractivity contribution in [3.8, 4) is 11.4 Å². The number of ketones is 1. The van der Waals surface area contributed by atoms with Gasteiger partial charge in [0.2, 0.25) is 0 Å². The summed E-state index contributed by atoms with van der Waals surface area (Å²) in [6.07, 6.45) is 0.911. The van der Waals surface area contributed by atoms with E-state index in [2.05, 4.69) is 11.9 Å². The van der Waals surface area contributed by atoms with E-state index in [0.717, 1.165) is 12.1 Å². The number of aryl methyl sites for hydroxylation is 1. The Bertz CT molecular complexity index is 1330. The Balaban J connectivity index is 1.78. The van der Waals surface area contributed by atoms with Crippen molar-refractivity contribution in [3.05, 3.63) is 88.0 Å². The van der Waals surface area contributed by atoms with Gasteiger partial charge in [-0.15, -0.1) is 0 Å². The summed E-state index contributed by atoms with van der Waals surface area (Å²) in [6.45, 7) is 3.91. The molecule has 1 unspecified atom stereocenters. The predicted molar refractivity (Wildman–Crippen MR) is 130 cm³/mol. The molecule has 0 spiro atoms. The zero-order valence-corrected chi connectivity index (χ0v) is 19.3. The second kappa shape index (κ2) is 9.46. The monoisotopic (exact) mass is 461 g/mol. The summed E-state index contributed by atoms with van der Waals surface area (Å²) in [5.74, 6) is 0.624. The lowest BCUT2D eigenvalue weighted by Crippen LogP contribution is -2.14. The van der Waals surface area contributed by atoms with Gasteiger partial charge in [-0.05, 0) is 37.1 Å². The van der Waals surface area contributed by atoms with Crippen molar-refractivity contribution in [2.75, 3.05) is 7.11 Å². The molecule has 1 heterocycles. The molecule has 1 aromatic heterocycles. The number of carbonyl (C=O) groups excluding carboxylic acids is 1. The number of nitrogens with zero attached hydrogens (tertiary/aromatic N) is 3. The average Bonchev–Trinajstić information content (AvgIpc) is 3.20. The molecule has 1 atom stereocenters. The number of thioether (sulfide) groups is 1. The summed E-state index contributed by atoms with van der Waals surface area (Å²) >= 11 is 1.31. The summed E-state index contributed by atoms with van der Waals surface area (Å²) in [7, 11) is 1.59. The number of non-ortho nitro benzene ring substituents is 1. The van der Waals surface area contributed by atoms with Crippen molar-refractivity contribution in [3.63, 3.8) is 0 Å². The van der Waals surface area contributed by atoms with Gasteiger partial charge in [-0.3, -0.25) is 19.5 Å². The Morgan fingerprint density at radius 1 is 1.15 bits per heavy atom. The van der Waals surface area contributed by atoms with Crippen molar-refractivity contribution in [2.24, 2.45) is 0 Å². The van der Waals surface area contributed by atoms with Gasteiger partial charge < -0.3 is 4.74 Å². The highest BCUT2D eigenvalue weighted by atomic mass is 32.2. The molecule has 3 aromatic carbocycles. The van der Waals surface area contributed by atoms with E-state index < -0.39 is 10.2 Å². The van der Waals surface area contributed by atoms with Gasteiger partial charge in [-0.1, -0.05) is 55.1 Å². The van der Waals surface area contributed by atoms with E-state index in [9.17, 15) is 14.9 Å². The fourth-order valence-corrected chi connectivity index (χ4v) is 4.65. The SMILES string of the molecule is CCc1ccc(C(=O)C(C)Sc2nc3cc([N+](=O)[O-])ccc3n2-c2ccccc2OC)cc1. The zero-order chi connectivity index (χ0) is 23.5. The smallest absolute Gasteiger partial charge is 0.271 e. The number of nitro benzene ring substituents is 1. The van der Waals surface area contributed by atoms with Crippen LogP contribution in [0.2, 0.25) is 0 Å². The summed E-state index contributed by atoms with van der Waals surface area (Å²) in [5, 5.41) is 11.4. The largest absolute Gasteiger partial charge is 0.495 e. The lowest BCUT2D eigenvalue weighted by atomic mass is 10.1. The minimum Gasteiger partial charge on any atom is -0.495 e. The van der Waals surface area contributed by atoms with E-state index in [0.29, 0.717) is 27.5 Å². The lowest BCUT2D eigenvalue weighted by Gasteiger charge is -2.15. The van der Waals surface area contributed by atoms with Gasteiger partial charge in [0.05, 0.1) is 34.0 Å². The second-order valence-corrected chi connectivity index (χ2v) is 8.81. The lowest BCUT2D eigenvalue weighted by molar-refractivity contribution is -0.384. The number of Topliss-reactive ketones (excluding diaryl/α,β-unsaturated/α-hetero) is 1. The number of rotatable bonds is 8. The maximum absolute atomic E-state index is 13.1. The number of carbonyl (C=O) groups is 1. The first kappa shape index (κ1) is 22.5. The number of fused-ring (bicyclic) bond motifs is 1. The topological polar surface area (TPSA) is 87.3 Å². The van der Waals surface area contributed by atoms with Gasteiger partial charge in [0.15, 0.2) is 10.9 Å². The summed E-state index contributed by atoms with van der Waals surface area (Å²) in [5.41, 5.74) is 3.69. The molecule has 33 heavy (non-hydrogen) atoms. The third-order valence-corrected chi connectivity index (χ3v) is 6.49. The second-order valence-electron chi connectivity index (χ2n) is 7.51. The van der Waals surface area contributed by atoms with Crippen molar-refractivity contribution < 1.29 is 14.5 Å². The first-order valence-electron chi connectivity index (χ1n) is 10.5. The molecule has 0 aliphatic rings. The van der Waals surface area contributed by atoms with E-state index in [1.54, 1.807) is 13.2 Å². The highest BCUT2D eigenvalue weighted by Gasteiger charge is 2.23. The molecule has 0 amide bonds. The van der Waals surface area contributed by atoms with Crippen molar-refractivity contribution >= 4 is 34.3 Å². The average molecular weight is 462 g/mol. The highest BCUT2D eigenvalue weighted by Crippen LogP contribution is 2.35. The van der Waals surface area contributed by atoms with E-state index >= 15 is 0 Å². The number of ether oxygens (including phenoxy) is 1. The van der Waals surface area contributed by atoms with Gasteiger partial charge in [-0.25, -0.2) is 4.98 Å². The molecule has 8 heteroatoms. The summed E-state index contributed by atoms with van der Waals surface area (Å²) < 4.78 is 7.43. The van der Waals surface area contributed by atoms with Crippen LogP contribution in [0.15, 0.2) is 71.9 Å². The minimum absolute atomic E-state index is 0.00716. The fraction of sp³-hybridized carbons (Fsp3) is 0.200. The number of para-hydroxylation sites is 2. The Kier molecular flexibility index (Phi) is 6.46. The first-order chi connectivity index (χ1) is 15.9. The Labute approximate surface area is 195 Å². The van der Waals surface area contributed by atoms with Crippen LogP contribution in [0.4, 0.5) is 5.69 Å². The fourth-order valence-electron chi connectivity index (χ4n) is 3.64. The van der Waals surface area contributed by atoms with Gasteiger partial charge in [0, 0.05) is 17.7 Å². The molecule has 4 rings (SSSR count). The van der Waals surface area contributed by atoms with E-state index in [1.807, 2.05) is 60.0 Å². The molecule has 0 N–H and O–H groups in total. The maximum atomic E-state index is 13.1. The van der Waals surface area contributed by atoms with E-state index in [4.69, 9.17) is 4.74 Å². The van der Waals surface area contributed by atoms with Gasteiger partial charge in [0.1, 0.15) is 5.75 Å². The van der Waals surface area contributed by atoms with E-state index in [-0.39, 0.29) is 11.5 Å². The molecule has 168 valence electrons. The molecule has 0 saturated heterocycles. The van der Waals surface area contributed by atoms with Crippen LogP contribution >= 0.6 is 11.8 Å². The number of aromatic nitrogens is 2. The molecule has 0 saturated carbocycles. The molecule has 0 aliphatic carbocycles. The molecule has 0 bridgehead atoms. The third-order valence-electron chi connectivity index (χ3n) is 5.44. The molecule has 0 radical (unpaired) electrons. The van der Waals surface area contributed by atoms with Crippen LogP contribution in [-0.2, 0) is 6.42 Å². The number of nitro groups is 1. The van der Waals surface area contributed by atoms with Crippen LogP contribution in [0.3, 0.4) is 0 Å². The molecule has 0 fully saturated rings. The van der Waals surface area contributed by atoms with Crippen molar-refractivity contribution in [1.82, 2.24) is 9.55 Å². The van der Waals surface area contributed by atoms with Crippen LogP contribution in [0, 0.1) is 10.1 Å². The van der Waals surface area contributed by atoms with Gasteiger partial charge >= 0.3 is 0 Å². The molecule has 4 aromatic rings. The quantitative estimate of drug-likeness (QED) is 0.141. The van der Waals surface area contributed by atoms with Crippen molar-refractivity contribution in [1.29, 1.82) is 0 Å². The molecule has 0 aliphatic heterocycles. The van der Waals surface area contributed by atoms with Crippen LogP contribution < -0.4 is 4.74 Å². The van der Waals surface area contributed by atoms with Crippen LogP contribution in [0.1, 0.15) is 29.8 Å². The zero-order valence-electron chi connectivity index (χ0n) is 18.5. The van der Waals surface area contributed by atoms with E-state index in [1.165, 1.54) is 29.5 Å². The molecular formula is C25H23N3O4S. The number of imidazole rings is 1. The Hall–Kier alpha value is -3.65. The third kappa shape index (κ3) is 4.47. The Morgan fingerprint density at radius 2 is 1.88 bits per heavy atom. The number of hydrogen-bond donors (Lipinski definition) is 0. The maximum Gasteiger partial charge on any atom is 0.271 e. The summed E-state index contributed by atoms with van der Waals surface area (Å²) in [6, 6.07) is 19.7. The summed E-state index contributed by atoms with van der Waals surface area (Å²) in [4.78, 5) is 28.6. The Morgan fingerprint density at radius 3 is 2.55 bits per heavy atom. The first-order valence-corrected chi connectivity index (χ1v) is 11.4. The number of benzene rings is 3. The molecule has 7 nitrogen and oxygen atoms in total. The van der Waals surface area contributed by atoms with Gasteiger partial charge in [-0.2, -0.15) is 0 Å². The van der Waals surface area contributed by atoms with Gasteiger partial charge in [0.25, 0.3) is 5.69 Å². The van der Waals surface area contributed by atoms with Crippen molar-refractivity contribution in [2.45, 2.75) is 30.7 Å². The standard InChI is InChI=1S/C25H23N3O4S/c1-4-17-9-11-18(12-10-17)24(29)16(2)33-25-26-20-15-19(28(30)31)13-14-21(20)27(25)22-7-5-6-8-23(22)32-3/h5-16H,4H2,1-3H3. The molecular weight excluding hydrogens is 438 g/mol. The minimum atomic E-state index is -0.444. The highest BCUT2D eigenvalue weighted by molar-refractivity contribution is 8.00.